The summed E-state index contributed by atoms with van der Waals surface area (Å²) < 4.78 is 0. The Morgan fingerprint density at radius 1 is 1.12 bits per heavy atom. The van der Waals surface area contributed by atoms with Crippen molar-refractivity contribution in [2.45, 2.75) is 70.4 Å². The van der Waals surface area contributed by atoms with E-state index in [9.17, 15) is 24.5 Å². The number of nitro benzene ring substituents is 1. The molecular weight excluding hydrogens is 412 g/mol. The number of nitro groups is 1. The minimum Gasteiger partial charge on any atom is -0.367 e. The van der Waals surface area contributed by atoms with Gasteiger partial charge < -0.3 is 4.90 Å². The Kier molecular flexibility index (Phi) is 4.94. The maximum absolute atomic E-state index is 14.1. The molecule has 170 valence electrons. The molecule has 0 bridgehead atoms. The second kappa shape index (κ2) is 7.56. The molecule has 1 N–H and O–H groups in total. The summed E-state index contributed by atoms with van der Waals surface area (Å²) in [5.74, 6) is -0.672. The van der Waals surface area contributed by atoms with Crippen LogP contribution >= 0.6 is 0 Å². The summed E-state index contributed by atoms with van der Waals surface area (Å²) >= 11 is 0. The number of nitrogens with one attached hydrogen (secondary N) is 1. The first-order valence-corrected chi connectivity index (χ1v) is 11.6. The fourth-order valence-electron chi connectivity index (χ4n) is 6.22. The molecule has 1 spiro atoms. The molecule has 2 saturated heterocycles. The zero-order chi connectivity index (χ0) is 22.6. The quantitative estimate of drug-likeness (QED) is 0.429. The highest BCUT2D eigenvalue weighted by Crippen LogP contribution is 2.49. The van der Waals surface area contributed by atoms with Gasteiger partial charge in [-0.25, -0.2) is 4.79 Å². The molecule has 3 aliphatic heterocycles. The molecule has 3 heterocycles. The van der Waals surface area contributed by atoms with Gasteiger partial charge in [0.25, 0.3) is 5.69 Å². The number of hydrogen-bond donors (Lipinski definition) is 1. The minimum atomic E-state index is -1.46. The summed E-state index contributed by atoms with van der Waals surface area (Å²) in [5, 5.41) is 13.9. The van der Waals surface area contributed by atoms with E-state index in [0.717, 1.165) is 44.2 Å². The van der Waals surface area contributed by atoms with Crippen LogP contribution in [0.4, 0.5) is 16.2 Å². The average molecular weight is 441 g/mol. The molecule has 0 aromatic heterocycles. The number of benzene rings is 1. The van der Waals surface area contributed by atoms with E-state index in [-0.39, 0.29) is 24.2 Å². The number of fused-ring (bicyclic) bond motifs is 4. The standard InChI is InChI=1S/C23H28N4O5/c1-14-9-10-25-18-8-7-17(27(31)32)12-15(18)13-23(19(25)11-14)20(28)24-22(30)26(21(23)29)16-5-3-2-4-6-16/h7-8,12,14,16,19H,2-6,9-11,13H2,1H3,(H,24,28,30)/t14-,19+,23+/m1/s1. The van der Waals surface area contributed by atoms with E-state index in [1.165, 1.54) is 17.0 Å². The van der Waals surface area contributed by atoms with Crippen LogP contribution in [-0.4, -0.2) is 46.3 Å². The zero-order valence-electron chi connectivity index (χ0n) is 18.2. The van der Waals surface area contributed by atoms with Crippen LogP contribution < -0.4 is 10.2 Å². The first-order valence-electron chi connectivity index (χ1n) is 11.6. The van der Waals surface area contributed by atoms with Gasteiger partial charge in [0.2, 0.25) is 11.8 Å². The highest BCUT2D eigenvalue weighted by molar-refractivity contribution is 6.20. The van der Waals surface area contributed by atoms with Crippen molar-refractivity contribution in [1.29, 1.82) is 0 Å². The number of urea groups is 1. The van der Waals surface area contributed by atoms with Gasteiger partial charge in [-0.05, 0) is 43.2 Å². The molecule has 0 radical (unpaired) electrons. The molecule has 9 nitrogen and oxygen atoms in total. The van der Waals surface area contributed by atoms with Crippen LogP contribution in [0.2, 0.25) is 0 Å². The van der Waals surface area contributed by atoms with Crippen molar-refractivity contribution >= 4 is 29.2 Å². The molecule has 3 atom stereocenters. The number of imide groups is 2. The van der Waals surface area contributed by atoms with Crippen molar-refractivity contribution in [2.75, 3.05) is 11.4 Å². The van der Waals surface area contributed by atoms with Crippen LogP contribution in [0.5, 0.6) is 0 Å². The van der Waals surface area contributed by atoms with E-state index in [0.29, 0.717) is 24.4 Å². The second-order valence-corrected chi connectivity index (χ2v) is 9.78. The minimum absolute atomic E-state index is 0.0633. The fraction of sp³-hybridized carbons (Fsp3) is 0.609. The summed E-state index contributed by atoms with van der Waals surface area (Å²) in [5.41, 5.74) is -0.0553. The van der Waals surface area contributed by atoms with E-state index in [1.807, 2.05) is 0 Å². The Morgan fingerprint density at radius 2 is 1.88 bits per heavy atom. The Hall–Kier alpha value is -2.97. The van der Waals surface area contributed by atoms with Gasteiger partial charge in [0.1, 0.15) is 0 Å². The zero-order valence-corrected chi connectivity index (χ0v) is 18.2. The smallest absolute Gasteiger partial charge is 0.331 e. The van der Waals surface area contributed by atoms with Crippen molar-refractivity contribution in [1.82, 2.24) is 10.2 Å². The van der Waals surface area contributed by atoms with E-state index in [2.05, 4.69) is 17.1 Å². The molecule has 0 unspecified atom stereocenters. The van der Waals surface area contributed by atoms with Gasteiger partial charge in [-0.1, -0.05) is 26.2 Å². The van der Waals surface area contributed by atoms with Gasteiger partial charge in [-0.2, -0.15) is 0 Å². The predicted octanol–water partition coefficient (Wildman–Crippen LogP) is 3.15. The summed E-state index contributed by atoms with van der Waals surface area (Å²) in [6.07, 6.45) is 6.10. The Labute approximate surface area is 186 Å². The molecule has 1 aromatic rings. The van der Waals surface area contributed by atoms with Crippen molar-refractivity contribution in [3.05, 3.63) is 33.9 Å². The van der Waals surface area contributed by atoms with E-state index >= 15 is 0 Å². The number of carbonyl (C=O) groups is 3. The third kappa shape index (κ3) is 3.01. The third-order valence-electron chi connectivity index (χ3n) is 7.87. The van der Waals surface area contributed by atoms with E-state index < -0.39 is 28.2 Å². The number of non-ortho nitro benzene ring substituents is 1. The van der Waals surface area contributed by atoms with Crippen molar-refractivity contribution in [3.8, 4) is 0 Å². The van der Waals surface area contributed by atoms with Crippen LogP contribution in [0.3, 0.4) is 0 Å². The predicted molar refractivity (Wildman–Crippen MR) is 116 cm³/mol. The van der Waals surface area contributed by atoms with Gasteiger partial charge in [0.05, 0.1) is 11.0 Å². The van der Waals surface area contributed by atoms with Crippen LogP contribution in [0.25, 0.3) is 0 Å². The lowest BCUT2D eigenvalue weighted by atomic mass is 9.64. The topological polar surface area (TPSA) is 113 Å². The molecule has 9 heteroatoms. The summed E-state index contributed by atoms with van der Waals surface area (Å²) in [7, 11) is 0. The maximum Gasteiger partial charge on any atom is 0.331 e. The number of hydrogen-bond acceptors (Lipinski definition) is 6. The lowest BCUT2D eigenvalue weighted by molar-refractivity contribution is -0.384. The van der Waals surface area contributed by atoms with Gasteiger partial charge in [0, 0.05) is 36.8 Å². The molecule has 4 amide bonds. The maximum atomic E-state index is 14.1. The van der Waals surface area contributed by atoms with Crippen molar-refractivity contribution in [2.24, 2.45) is 11.3 Å². The highest BCUT2D eigenvalue weighted by atomic mass is 16.6. The summed E-state index contributed by atoms with van der Waals surface area (Å²) in [6, 6.07) is 3.48. The number of amides is 4. The molecule has 1 aliphatic carbocycles. The van der Waals surface area contributed by atoms with Crippen LogP contribution in [0.15, 0.2) is 18.2 Å². The second-order valence-electron chi connectivity index (χ2n) is 9.78. The summed E-state index contributed by atoms with van der Waals surface area (Å²) in [6.45, 7) is 2.78. The number of anilines is 1. The first kappa shape index (κ1) is 20.9. The number of piperidine rings is 1. The normalized spacial score (nSPS) is 30.7. The Morgan fingerprint density at radius 3 is 2.59 bits per heavy atom. The van der Waals surface area contributed by atoms with Crippen LogP contribution in [-0.2, 0) is 16.0 Å². The SMILES string of the molecule is C[C@@H]1CCN2c3ccc([N+](=O)[O-])cc3C[C@@]3(C(=O)NC(=O)N(C4CCCCC4)C3=O)[C@@H]2C1. The first-order chi connectivity index (χ1) is 15.3. The van der Waals surface area contributed by atoms with Gasteiger partial charge in [0.15, 0.2) is 5.41 Å². The van der Waals surface area contributed by atoms with Crippen LogP contribution in [0, 0.1) is 21.4 Å². The molecule has 3 fully saturated rings. The van der Waals surface area contributed by atoms with Gasteiger partial charge >= 0.3 is 6.03 Å². The Bertz CT molecular complexity index is 1000. The number of carbonyl (C=O) groups excluding carboxylic acids is 3. The van der Waals surface area contributed by atoms with Crippen molar-refractivity contribution in [3.63, 3.8) is 0 Å². The highest BCUT2D eigenvalue weighted by Gasteiger charge is 2.63. The molecule has 32 heavy (non-hydrogen) atoms. The number of rotatable bonds is 2. The molecule has 5 rings (SSSR count). The fourth-order valence-corrected chi connectivity index (χ4v) is 6.22. The lowest BCUT2D eigenvalue weighted by Crippen LogP contribution is -2.74. The van der Waals surface area contributed by atoms with E-state index in [4.69, 9.17) is 0 Å². The molecular formula is C23H28N4O5. The number of nitrogens with zero attached hydrogens (tertiary/aromatic N) is 3. The largest absolute Gasteiger partial charge is 0.367 e. The third-order valence-corrected chi connectivity index (χ3v) is 7.87. The monoisotopic (exact) mass is 440 g/mol. The number of barbiturate groups is 1. The molecule has 1 saturated carbocycles. The lowest BCUT2D eigenvalue weighted by Gasteiger charge is -2.55. The Balaban J connectivity index is 1.63. The van der Waals surface area contributed by atoms with Gasteiger partial charge in [-0.3, -0.25) is 29.9 Å². The van der Waals surface area contributed by atoms with Gasteiger partial charge in [-0.15, -0.1) is 0 Å². The van der Waals surface area contributed by atoms with E-state index in [1.54, 1.807) is 6.07 Å². The summed E-state index contributed by atoms with van der Waals surface area (Å²) in [4.78, 5) is 54.7. The average Bonchev–Trinajstić information content (AvgIpc) is 2.77. The van der Waals surface area contributed by atoms with Crippen molar-refractivity contribution < 1.29 is 19.3 Å². The molecule has 4 aliphatic rings. The molecule has 1 aromatic carbocycles. The van der Waals surface area contributed by atoms with Crippen LogP contribution in [0.1, 0.15) is 57.4 Å².